The van der Waals surface area contributed by atoms with E-state index in [2.05, 4.69) is 39.9 Å². The molecule has 0 saturated heterocycles. The summed E-state index contributed by atoms with van der Waals surface area (Å²) >= 11 is 5.80. The predicted octanol–water partition coefficient (Wildman–Crippen LogP) is 4.07. The standard InChI is InChI=1S/C20H19ClN4O2/c1-14-4-2-3-5-15(14)12-22-18-10-11-19(25-24-18)23-20(26)13-27-17-8-6-16(21)7-9-17/h2-11H,12-13H2,1H3,(H,22,24)(H,23,25,26). The molecule has 0 radical (unpaired) electrons. The summed E-state index contributed by atoms with van der Waals surface area (Å²) in [6.45, 7) is 2.59. The van der Waals surface area contributed by atoms with Gasteiger partial charge >= 0.3 is 0 Å². The fraction of sp³-hybridized carbons (Fsp3) is 0.150. The maximum absolute atomic E-state index is 11.9. The third-order valence-electron chi connectivity index (χ3n) is 3.84. The number of hydrogen-bond acceptors (Lipinski definition) is 5. The summed E-state index contributed by atoms with van der Waals surface area (Å²) in [5, 5.41) is 14.5. The van der Waals surface area contributed by atoms with E-state index < -0.39 is 0 Å². The Bertz CT molecular complexity index is 899. The molecule has 1 amide bonds. The van der Waals surface area contributed by atoms with Gasteiger partial charge in [0.1, 0.15) is 11.6 Å². The van der Waals surface area contributed by atoms with Gasteiger partial charge in [0.25, 0.3) is 5.91 Å². The van der Waals surface area contributed by atoms with E-state index in [1.165, 1.54) is 11.1 Å². The number of carbonyl (C=O) groups is 1. The molecule has 3 aromatic rings. The molecule has 2 N–H and O–H groups in total. The fourth-order valence-corrected chi connectivity index (χ4v) is 2.47. The van der Waals surface area contributed by atoms with Crippen molar-refractivity contribution in [1.29, 1.82) is 0 Å². The van der Waals surface area contributed by atoms with Crippen LogP contribution in [0.1, 0.15) is 11.1 Å². The lowest BCUT2D eigenvalue weighted by atomic mass is 10.1. The van der Waals surface area contributed by atoms with Crippen molar-refractivity contribution in [3.8, 4) is 5.75 Å². The molecular formula is C20H19ClN4O2. The highest BCUT2D eigenvalue weighted by Gasteiger charge is 2.06. The van der Waals surface area contributed by atoms with E-state index in [4.69, 9.17) is 16.3 Å². The molecule has 1 aromatic heterocycles. The summed E-state index contributed by atoms with van der Waals surface area (Å²) in [6, 6.07) is 18.4. The molecule has 0 fully saturated rings. The van der Waals surface area contributed by atoms with Gasteiger partial charge in [-0.1, -0.05) is 35.9 Å². The van der Waals surface area contributed by atoms with E-state index in [0.29, 0.717) is 29.0 Å². The molecule has 0 unspecified atom stereocenters. The molecule has 138 valence electrons. The third kappa shape index (κ3) is 5.69. The number of anilines is 2. The topological polar surface area (TPSA) is 76.1 Å². The number of aryl methyl sites for hydroxylation is 1. The summed E-state index contributed by atoms with van der Waals surface area (Å²) in [5.41, 5.74) is 2.40. The van der Waals surface area contributed by atoms with Gasteiger partial charge in [-0.05, 0) is 54.4 Å². The number of benzene rings is 2. The maximum atomic E-state index is 11.9. The Kier molecular flexibility index (Phi) is 6.22. The first-order valence-electron chi connectivity index (χ1n) is 8.40. The van der Waals surface area contributed by atoms with Crippen LogP contribution >= 0.6 is 11.6 Å². The highest BCUT2D eigenvalue weighted by Crippen LogP contribution is 2.15. The molecule has 27 heavy (non-hydrogen) atoms. The zero-order valence-electron chi connectivity index (χ0n) is 14.8. The number of nitrogens with one attached hydrogen (secondary N) is 2. The average Bonchev–Trinajstić information content (AvgIpc) is 2.68. The highest BCUT2D eigenvalue weighted by atomic mass is 35.5. The van der Waals surface area contributed by atoms with E-state index in [1.807, 2.05) is 12.1 Å². The van der Waals surface area contributed by atoms with Crippen LogP contribution in [-0.4, -0.2) is 22.7 Å². The number of ether oxygens (including phenoxy) is 1. The van der Waals surface area contributed by atoms with Crippen LogP contribution in [0.3, 0.4) is 0 Å². The van der Waals surface area contributed by atoms with Crippen LogP contribution in [0.4, 0.5) is 11.6 Å². The normalized spacial score (nSPS) is 10.3. The minimum atomic E-state index is -0.320. The summed E-state index contributed by atoms with van der Waals surface area (Å²) in [4.78, 5) is 11.9. The van der Waals surface area contributed by atoms with E-state index in [0.717, 1.165) is 0 Å². The molecule has 2 aromatic carbocycles. The number of hydrogen-bond donors (Lipinski definition) is 2. The van der Waals surface area contributed by atoms with Gasteiger partial charge in [0.05, 0.1) is 0 Å². The molecule has 0 atom stereocenters. The molecule has 3 rings (SSSR count). The summed E-state index contributed by atoms with van der Waals surface area (Å²) in [5.74, 6) is 1.24. The van der Waals surface area contributed by atoms with Gasteiger partial charge in [-0.2, -0.15) is 0 Å². The van der Waals surface area contributed by atoms with Crippen molar-refractivity contribution in [2.45, 2.75) is 13.5 Å². The third-order valence-corrected chi connectivity index (χ3v) is 4.09. The zero-order chi connectivity index (χ0) is 19.1. The molecule has 0 aliphatic carbocycles. The quantitative estimate of drug-likeness (QED) is 0.644. The minimum absolute atomic E-state index is 0.128. The maximum Gasteiger partial charge on any atom is 0.263 e. The van der Waals surface area contributed by atoms with Gasteiger partial charge in [-0.25, -0.2) is 0 Å². The lowest BCUT2D eigenvalue weighted by Crippen LogP contribution is -2.21. The lowest BCUT2D eigenvalue weighted by molar-refractivity contribution is -0.118. The second kappa shape index (κ2) is 9.00. The Morgan fingerprint density at radius 1 is 1.00 bits per heavy atom. The van der Waals surface area contributed by atoms with Crippen LogP contribution in [0.25, 0.3) is 0 Å². The van der Waals surface area contributed by atoms with E-state index in [-0.39, 0.29) is 12.5 Å². The monoisotopic (exact) mass is 382 g/mol. The SMILES string of the molecule is Cc1ccccc1CNc1ccc(NC(=O)COc2ccc(Cl)cc2)nn1. The second-order valence-corrected chi connectivity index (χ2v) is 6.31. The molecule has 0 aliphatic heterocycles. The van der Waals surface area contributed by atoms with Crippen LogP contribution in [0, 0.1) is 6.92 Å². The summed E-state index contributed by atoms with van der Waals surface area (Å²) in [7, 11) is 0. The number of rotatable bonds is 7. The first kappa shape index (κ1) is 18.7. The van der Waals surface area contributed by atoms with Crippen LogP contribution in [-0.2, 0) is 11.3 Å². The van der Waals surface area contributed by atoms with E-state index in [9.17, 15) is 4.79 Å². The number of aromatic nitrogens is 2. The molecule has 0 bridgehead atoms. The van der Waals surface area contributed by atoms with Crippen molar-refractivity contribution in [3.05, 3.63) is 76.8 Å². The summed E-state index contributed by atoms with van der Waals surface area (Å²) in [6.07, 6.45) is 0. The first-order valence-corrected chi connectivity index (χ1v) is 8.78. The predicted molar refractivity (Wildman–Crippen MR) is 106 cm³/mol. The number of amides is 1. The van der Waals surface area contributed by atoms with Crippen LogP contribution in [0.2, 0.25) is 5.02 Å². The largest absolute Gasteiger partial charge is 0.484 e. The summed E-state index contributed by atoms with van der Waals surface area (Å²) < 4.78 is 5.39. The second-order valence-electron chi connectivity index (χ2n) is 5.87. The van der Waals surface area contributed by atoms with Crippen LogP contribution in [0.15, 0.2) is 60.7 Å². The first-order chi connectivity index (χ1) is 13.1. The Morgan fingerprint density at radius 2 is 1.70 bits per heavy atom. The van der Waals surface area contributed by atoms with Gasteiger partial charge in [0.2, 0.25) is 0 Å². The lowest BCUT2D eigenvalue weighted by Gasteiger charge is -2.09. The molecule has 6 nitrogen and oxygen atoms in total. The molecule has 7 heteroatoms. The Balaban J connectivity index is 1.47. The van der Waals surface area contributed by atoms with Gasteiger partial charge in [-0.15, -0.1) is 10.2 Å². The van der Waals surface area contributed by atoms with Crippen molar-refractivity contribution < 1.29 is 9.53 Å². The van der Waals surface area contributed by atoms with Crippen molar-refractivity contribution in [3.63, 3.8) is 0 Å². The average molecular weight is 383 g/mol. The van der Waals surface area contributed by atoms with Crippen molar-refractivity contribution in [2.24, 2.45) is 0 Å². The van der Waals surface area contributed by atoms with Crippen LogP contribution in [0.5, 0.6) is 5.75 Å². The van der Waals surface area contributed by atoms with Crippen molar-refractivity contribution >= 4 is 29.1 Å². The molecule has 0 spiro atoms. The molecule has 1 heterocycles. The fourth-order valence-electron chi connectivity index (χ4n) is 2.35. The number of halogens is 1. The smallest absolute Gasteiger partial charge is 0.263 e. The van der Waals surface area contributed by atoms with Crippen molar-refractivity contribution in [2.75, 3.05) is 17.2 Å². The number of carbonyl (C=O) groups excluding carboxylic acids is 1. The van der Waals surface area contributed by atoms with Gasteiger partial charge < -0.3 is 15.4 Å². The van der Waals surface area contributed by atoms with Crippen LogP contribution < -0.4 is 15.4 Å². The highest BCUT2D eigenvalue weighted by molar-refractivity contribution is 6.30. The number of nitrogens with zero attached hydrogens (tertiary/aromatic N) is 2. The van der Waals surface area contributed by atoms with E-state index in [1.54, 1.807) is 36.4 Å². The Hall–Kier alpha value is -3.12. The zero-order valence-corrected chi connectivity index (χ0v) is 15.5. The van der Waals surface area contributed by atoms with Gasteiger partial charge in [0, 0.05) is 11.6 Å². The minimum Gasteiger partial charge on any atom is -0.484 e. The van der Waals surface area contributed by atoms with Crippen molar-refractivity contribution in [1.82, 2.24) is 10.2 Å². The molecule has 0 aliphatic rings. The molecule has 0 saturated carbocycles. The molecular weight excluding hydrogens is 364 g/mol. The Labute approximate surface area is 162 Å². The Morgan fingerprint density at radius 3 is 2.41 bits per heavy atom. The van der Waals surface area contributed by atoms with Gasteiger partial charge in [-0.3, -0.25) is 4.79 Å². The van der Waals surface area contributed by atoms with Gasteiger partial charge in [0.15, 0.2) is 12.4 Å². The van der Waals surface area contributed by atoms with E-state index >= 15 is 0 Å².